The van der Waals surface area contributed by atoms with Gasteiger partial charge in [-0.2, -0.15) is 0 Å². The molecule has 98 valence electrons. The van der Waals surface area contributed by atoms with Crippen LogP contribution in [0.2, 0.25) is 5.02 Å². The average molecular weight is 276 g/mol. The highest BCUT2D eigenvalue weighted by atomic mass is 35.5. The molecule has 19 heavy (non-hydrogen) atoms. The highest BCUT2D eigenvalue weighted by Crippen LogP contribution is 2.42. The van der Waals surface area contributed by atoms with E-state index in [1.165, 1.54) is 0 Å². The maximum absolute atomic E-state index is 11.2. The molecule has 0 bridgehead atoms. The van der Waals surface area contributed by atoms with Crippen molar-refractivity contribution in [3.63, 3.8) is 0 Å². The monoisotopic (exact) mass is 275 g/mol. The number of aromatic nitrogens is 1. The zero-order chi connectivity index (χ0) is 13.4. The van der Waals surface area contributed by atoms with Crippen LogP contribution in [0, 0.1) is 0 Å². The quantitative estimate of drug-likeness (QED) is 0.923. The molecule has 0 saturated heterocycles. The van der Waals surface area contributed by atoms with Crippen LogP contribution in [0.5, 0.6) is 0 Å². The molecule has 1 saturated carbocycles. The lowest BCUT2D eigenvalue weighted by Crippen LogP contribution is -2.06. The summed E-state index contributed by atoms with van der Waals surface area (Å²) in [6.45, 7) is 0.666. The van der Waals surface area contributed by atoms with Crippen molar-refractivity contribution in [2.45, 2.75) is 25.3 Å². The van der Waals surface area contributed by atoms with Crippen LogP contribution in [-0.4, -0.2) is 15.6 Å². The van der Waals surface area contributed by atoms with Gasteiger partial charge in [0.15, 0.2) is 0 Å². The van der Waals surface area contributed by atoms with E-state index in [1.807, 2.05) is 35.0 Å². The third kappa shape index (κ3) is 2.51. The fourth-order valence-corrected chi connectivity index (χ4v) is 2.66. The first-order valence-corrected chi connectivity index (χ1v) is 6.69. The van der Waals surface area contributed by atoms with E-state index in [1.54, 1.807) is 6.07 Å². The zero-order valence-electron chi connectivity index (χ0n) is 10.3. The number of carbonyl (C=O) groups is 1. The van der Waals surface area contributed by atoms with E-state index in [0.29, 0.717) is 23.0 Å². The van der Waals surface area contributed by atoms with Gasteiger partial charge >= 0.3 is 5.97 Å². The van der Waals surface area contributed by atoms with Gasteiger partial charge in [-0.25, -0.2) is 4.79 Å². The molecule has 0 aliphatic heterocycles. The van der Waals surface area contributed by atoms with Gasteiger partial charge in [-0.05, 0) is 36.6 Å². The summed E-state index contributed by atoms with van der Waals surface area (Å²) in [5.41, 5.74) is 2.47. The summed E-state index contributed by atoms with van der Waals surface area (Å²) in [6, 6.07) is 9.36. The Morgan fingerprint density at radius 3 is 2.79 bits per heavy atom. The van der Waals surface area contributed by atoms with Crippen LogP contribution in [0.1, 0.15) is 40.4 Å². The van der Waals surface area contributed by atoms with Gasteiger partial charge in [-0.3, -0.25) is 0 Å². The summed E-state index contributed by atoms with van der Waals surface area (Å²) in [4.78, 5) is 11.2. The lowest BCUT2D eigenvalue weighted by Gasteiger charge is -2.10. The minimum absolute atomic E-state index is 0.403. The molecule has 1 N–H and O–H groups in total. The van der Waals surface area contributed by atoms with Crippen molar-refractivity contribution in [2.24, 2.45) is 0 Å². The van der Waals surface area contributed by atoms with E-state index >= 15 is 0 Å². The second kappa shape index (κ2) is 4.74. The summed E-state index contributed by atoms with van der Waals surface area (Å²) in [5, 5.41) is 9.94. The van der Waals surface area contributed by atoms with E-state index in [9.17, 15) is 9.90 Å². The SMILES string of the molecule is O=C(O)c1ccn(Cc2cccc(Cl)c2)c1C1CC1. The molecule has 4 heteroatoms. The first kappa shape index (κ1) is 12.3. The third-order valence-corrected chi connectivity index (χ3v) is 3.68. The Bertz CT molecular complexity index is 629. The number of hydrogen-bond donors (Lipinski definition) is 1. The molecule has 1 aliphatic rings. The topological polar surface area (TPSA) is 42.2 Å². The molecule has 1 aromatic heterocycles. The molecule has 0 radical (unpaired) electrons. The van der Waals surface area contributed by atoms with Gasteiger partial charge in [-0.15, -0.1) is 0 Å². The highest BCUT2D eigenvalue weighted by Gasteiger charge is 2.31. The number of benzene rings is 1. The second-order valence-corrected chi connectivity index (χ2v) is 5.39. The lowest BCUT2D eigenvalue weighted by atomic mass is 10.1. The molecule has 0 spiro atoms. The van der Waals surface area contributed by atoms with E-state index in [2.05, 4.69) is 0 Å². The molecule has 2 aromatic rings. The molecule has 0 atom stereocenters. The van der Waals surface area contributed by atoms with Crippen molar-refractivity contribution in [3.8, 4) is 0 Å². The Balaban J connectivity index is 1.94. The van der Waals surface area contributed by atoms with Gasteiger partial charge in [0, 0.05) is 29.4 Å². The summed E-state index contributed by atoms with van der Waals surface area (Å²) in [6.07, 6.45) is 4.03. The Morgan fingerprint density at radius 1 is 1.37 bits per heavy atom. The Labute approximate surface area is 116 Å². The van der Waals surface area contributed by atoms with Crippen molar-refractivity contribution in [2.75, 3.05) is 0 Å². The predicted octanol–water partition coefficient (Wildman–Crippen LogP) is 3.77. The third-order valence-electron chi connectivity index (χ3n) is 3.44. The zero-order valence-corrected chi connectivity index (χ0v) is 11.1. The number of carboxylic acid groups (broad SMARTS) is 1. The van der Waals surface area contributed by atoms with Crippen molar-refractivity contribution >= 4 is 17.6 Å². The van der Waals surface area contributed by atoms with Crippen molar-refractivity contribution in [1.82, 2.24) is 4.57 Å². The molecular formula is C15H14ClNO2. The number of hydrogen-bond acceptors (Lipinski definition) is 1. The van der Waals surface area contributed by atoms with Crippen molar-refractivity contribution in [3.05, 3.63) is 58.4 Å². The summed E-state index contributed by atoms with van der Waals surface area (Å²) in [5.74, 6) is -0.438. The van der Waals surface area contributed by atoms with E-state index in [4.69, 9.17) is 11.6 Å². The standard InChI is InChI=1S/C15H14ClNO2/c16-12-3-1-2-10(8-12)9-17-7-6-13(15(18)19)14(17)11-4-5-11/h1-3,6-8,11H,4-5,9H2,(H,18,19). The van der Waals surface area contributed by atoms with Gasteiger partial charge < -0.3 is 9.67 Å². The smallest absolute Gasteiger partial charge is 0.337 e. The summed E-state index contributed by atoms with van der Waals surface area (Å²) < 4.78 is 2.03. The number of nitrogens with zero attached hydrogens (tertiary/aromatic N) is 1. The minimum atomic E-state index is -0.841. The number of halogens is 1. The predicted molar refractivity (Wildman–Crippen MR) is 73.9 cm³/mol. The number of carboxylic acids is 1. The van der Waals surface area contributed by atoms with Crippen molar-refractivity contribution in [1.29, 1.82) is 0 Å². The lowest BCUT2D eigenvalue weighted by molar-refractivity contribution is 0.0695. The van der Waals surface area contributed by atoms with Crippen LogP contribution in [0.3, 0.4) is 0 Å². The second-order valence-electron chi connectivity index (χ2n) is 4.95. The number of aromatic carboxylic acids is 1. The van der Waals surface area contributed by atoms with Crippen molar-refractivity contribution < 1.29 is 9.90 Å². The van der Waals surface area contributed by atoms with E-state index < -0.39 is 5.97 Å². The fourth-order valence-electron chi connectivity index (χ4n) is 2.45. The largest absolute Gasteiger partial charge is 0.478 e. The molecule has 1 aromatic carbocycles. The number of rotatable bonds is 4. The molecule has 0 amide bonds. The van der Waals surface area contributed by atoms with Gasteiger partial charge in [0.1, 0.15) is 0 Å². The average Bonchev–Trinajstić information content (AvgIpc) is 3.11. The van der Waals surface area contributed by atoms with Crippen LogP contribution >= 0.6 is 11.6 Å². The van der Waals surface area contributed by atoms with Gasteiger partial charge in [0.05, 0.1) is 5.56 Å². The Kier molecular flexibility index (Phi) is 3.07. The molecule has 3 nitrogen and oxygen atoms in total. The molecule has 1 aliphatic carbocycles. The van der Waals surface area contributed by atoms with Gasteiger partial charge in [0.2, 0.25) is 0 Å². The highest BCUT2D eigenvalue weighted by molar-refractivity contribution is 6.30. The van der Waals surface area contributed by atoms with Gasteiger partial charge in [-0.1, -0.05) is 23.7 Å². The maximum Gasteiger partial charge on any atom is 0.337 e. The van der Waals surface area contributed by atoms with E-state index in [-0.39, 0.29) is 0 Å². The first-order chi connectivity index (χ1) is 9.15. The molecule has 0 unspecified atom stereocenters. The normalized spacial score (nSPS) is 14.6. The maximum atomic E-state index is 11.2. The minimum Gasteiger partial charge on any atom is -0.478 e. The van der Waals surface area contributed by atoms with Gasteiger partial charge in [0.25, 0.3) is 0 Å². The van der Waals surface area contributed by atoms with E-state index in [0.717, 1.165) is 24.1 Å². The van der Waals surface area contributed by atoms with Crippen LogP contribution < -0.4 is 0 Å². The van der Waals surface area contributed by atoms with Crippen LogP contribution in [0.4, 0.5) is 0 Å². The Hall–Kier alpha value is -1.74. The summed E-state index contributed by atoms with van der Waals surface area (Å²) in [7, 11) is 0. The first-order valence-electron chi connectivity index (χ1n) is 6.32. The van der Waals surface area contributed by atoms with Crippen LogP contribution in [-0.2, 0) is 6.54 Å². The van der Waals surface area contributed by atoms with Crippen LogP contribution in [0.15, 0.2) is 36.5 Å². The van der Waals surface area contributed by atoms with Crippen LogP contribution in [0.25, 0.3) is 0 Å². The Morgan fingerprint density at radius 2 is 2.16 bits per heavy atom. The summed E-state index contributed by atoms with van der Waals surface area (Å²) >= 11 is 5.98. The molecular weight excluding hydrogens is 262 g/mol. The fraction of sp³-hybridized carbons (Fsp3) is 0.267. The molecule has 1 heterocycles. The molecule has 1 fully saturated rings. The molecule has 3 rings (SSSR count).